The van der Waals surface area contributed by atoms with E-state index < -0.39 is 17.9 Å². The summed E-state index contributed by atoms with van der Waals surface area (Å²) >= 11 is 0. The van der Waals surface area contributed by atoms with Crippen LogP contribution in [0.1, 0.15) is 70.6 Å². The van der Waals surface area contributed by atoms with Crippen LogP contribution in [-0.2, 0) is 4.74 Å². The van der Waals surface area contributed by atoms with E-state index in [2.05, 4.69) is 6.92 Å². The molecule has 8 heteroatoms. The first-order chi connectivity index (χ1) is 18.4. The normalized spacial score (nSPS) is 10.4. The van der Waals surface area contributed by atoms with E-state index in [1.165, 1.54) is 37.4 Å². The van der Waals surface area contributed by atoms with Crippen LogP contribution in [0.15, 0.2) is 66.7 Å². The van der Waals surface area contributed by atoms with Gasteiger partial charge in [-0.15, -0.1) is 0 Å². The van der Waals surface area contributed by atoms with Gasteiger partial charge >= 0.3 is 17.9 Å². The summed E-state index contributed by atoms with van der Waals surface area (Å²) in [5, 5.41) is 0. The average molecular weight is 521 g/mol. The molecule has 0 saturated heterocycles. The van der Waals surface area contributed by atoms with Crippen molar-refractivity contribution in [3.63, 3.8) is 0 Å². The van der Waals surface area contributed by atoms with Crippen molar-refractivity contribution in [1.82, 2.24) is 0 Å². The predicted molar refractivity (Wildman–Crippen MR) is 141 cm³/mol. The van der Waals surface area contributed by atoms with Crippen molar-refractivity contribution in [2.24, 2.45) is 0 Å². The van der Waals surface area contributed by atoms with Crippen LogP contribution in [0.25, 0.3) is 0 Å². The summed E-state index contributed by atoms with van der Waals surface area (Å²) in [6, 6.07) is 17.2. The van der Waals surface area contributed by atoms with Crippen LogP contribution in [0.2, 0.25) is 0 Å². The lowest BCUT2D eigenvalue weighted by Gasteiger charge is -2.12. The number of methoxy groups -OCH3 is 1. The van der Waals surface area contributed by atoms with Crippen molar-refractivity contribution in [2.45, 2.75) is 39.5 Å². The molecule has 0 spiro atoms. The summed E-state index contributed by atoms with van der Waals surface area (Å²) in [5.41, 5.74) is 0.776. The average Bonchev–Trinajstić information content (AvgIpc) is 2.94. The first kappa shape index (κ1) is 28.2. The Morgan fingerprint density at radius 1 is 0.605 bits per heavy atom. The first-order valence-corrected chi connectivity index (χ1v) is 12.6. The Morgan fingerprint density at radius 2 is 1.11 bits per heavy atom. The Morgan fingerprint density at radius 3 is 1.66 bits per heavy atom. The molecule has 3 aromatic rings. The summed E-state index contributed by atoms with van der Waals surface area (Å²) in [6.07, 6.45) is 3.78. The van der Waals surface area contributed by atoms with Crippen molar-refractivity contribution < 1.29 is 38.1 Å². The molecule has 0 atom stereocenters. The summed E-state index contributed by atoms with van der Waals surface area (Å²) in [5.74, 6) is -0.286. The number of carbonyl (C=O) groups is 3. The number of hydrogen-bond acceptors (Lipinski definition) is 8. The van der Waals surface area contributed by atoms with E-state index in [0.717, 1.165) is 25.7 Å². The van der Waals surface area contributed by atoms with Crippen LogP contribution in [-0.4, -0.2) is 38.2 Å². The minimum absolute atomic E-state index is 0.163. The van der Waals surface area contributed by atoms with Crippen molar-refractivity contribution in [3.05, 3.63) is 83.4 Å². The molecule has 0 bridgehead atoms. The number of carbonyl (C=O) groups excluding carboxylic acids is 3. The van der Waals surface area contributed by atoms with Gasteiger partial charge in [0.2, 0.25) is 0 Å². The lowest BCUT2D eigenvalue weighted by Crippen LogP contribution is -2.11. The highest BCUT2D eigenvalue weighted by atomic mass is 16.5. The second-order valence-corrected chi connectivity index (χ2v) is 8.38. The highest BCUT2D eigenvalue weighted by molar-refractivity contribution is 5.95. The lowest BCUT2D eigenvalue weighted by molar-refractivity contribution is 0.0592. The maximum atomic E-state index is 12.7. The Kier molecular flexibility index (Phi) is 10.7. The van der Waals surface area contributed by atoms with Gasteiger partial charge < -0.3 is 23.7 Å². The van der Waals surface area contributed by atoms with E-state index in [0.29, 0.717) is 30.3 Å². The smallest absolute Gasteiger partial charge is 0.343 e. The zero-order valence-electron chi connectivity index (χ0n) is 21.9. The zero-order chi connectivity index (χ0) is 27.3. The molecule has 0 heterocycles. The summed E-state index contributed by atoms with van der Waals surface area (Å²) < 4.78 is 26.9. The number of esters is 3. The molecule has 0 saturated carbocycles. The van der Waals surface area contributed by atoms with Gasteiger partial charge in [0.05, 0.1) is 31.5 Å². The van der Waals surface area contributed by atoms with Crippen LogP contribution in [0.5, 0.6) is 23.0 Å². The maximum absolute atomic E-state index is 12.7. The number of rotatable bonds is 13. The maximum Gasteiger partial charge on any atom is 0.343 e. The number of hydrogen-bond donors (Lipinski definition) is 0. The highest BCUT2D eigenvalue weighted by Crippen LogP contribution is 2.26. The molecule has 38 heavy (non-hydrogen) atoms. The van der Waals surface area contributed by atoms with Crippen LogP contribution >= 0.6 is 0 Å². The standard InChI is InChI=1S/C30H32O8/c1-4-6-18-35-23-12-8-21(9-13-23)28(31)37-24-14-10-22(11-15-24)29(32)38-25-16-17-27(36-19-7-5-2)26(20-25)30(33)34-3/h8-17,20H,4-7,18-19H2,1-3H3. The number of benzene rings is 3. The van der Waals surface area contributed by atoms with Crippen molar-refractivity contribution >= 4 is 17.9 Å². The van der Waals surface area contributed by atoms with Crippen LogP contribution < -0.4 is 18.9 Å². The molecule has 200 valence electrons. The van der Waals surface area contributed by atoms with Crippen LogP contribution in [0.4, 0.5) is 0 Å². The SMILES string of the molecule is CCCCOc1ccc(C(=O)Oc2ccc(C(=O)Oc3ccc(OCCCC)c(C(=O)OC)c3)cc2)cc1. The third-order valence-corrected chi connectivity index (χ3v) is 5.48. The predicted octanol–water partition coefficient (Wildman–Crippen LogP) is 6.27. The van der Waals surface area contributed by atoms with Gasteiger partial charge in [0.25, 0.3) is 0 Å². The van der Waals surface area contributed by atoms with Crippen LogP contribution in [0, 0.1) is 0 Å². The largest absolute Gasteiger partial charge is 0.494 e. The molecule has 0 unspecified atom stereocenters. The van der Waals surface area contributed by atoms with E-state index in [-0.39, 0.29) is 22.6 Å². The Hall–Kier alpha value is -4.33. The number of ether oxygens (including phenoxy) is 5. The zero-order valence-corrected chi connectivity index (χ0v) is 21.9. The second-order valence-electron chi connectivity index (χ2n) is 8.38. The van der Waals surface area contributed by atoms with Gasteiger partial charge in [0.15, 0.2) is 0 Å². The monoisotopic (exact) mass is 520 g/mol. The van der Waals surface area contributed by atoms with Crippen molar-refractivity contribution in [2.75, 3.05) is 20.3 Å². The van der Waals surface area contributed by atoms with E-state index >= 15 is 0 Å². The van der Waals surface area contributed by atoms with Gasteiger partial charge in [-0.1, -0.05) is 26.7 Å². The van der Waals surface area contributed by atoms with Crippen LogP contribution in [0.3, 0.4) is 0 Å². The van der Waals surface area contributed by atoms with E-state index in [9.17, 15) is 14.4 Å². The molecule has 0 aliphatic rings. The molecule has 0 amide bonds. The third kappa shape index (κ3) is 8.09. The molecule has 0 aromatic heterocycles. The van der Waals surface area contributed by atoms with Crippen molar-refractivity contribution in [3.8, 4) is 23.0 Å². The van der Waals surface area contributed by atoms with Gasteiger partial charge in [-0.2, -0.15) is 0 Å². The first-order valence-electron chi connectivity index (χ1n) is 12.6. The fourth-order valence-corrected chi connectivity index (χ4v) is 3.31. The Bertz CT molecular complexity index is 1220. The molecule has 0 radical (unpaired) electrons. The minimum Gasteiger partial charge on any atom is -0.494 e. The Balaban J connectivity index is 1.61. The summed E-state index contributed by atoms with van der Waals surface area (Å²) in [6.45, 7) is 5.20. The molecule has 3 rings (SSSR count). The molecular weight excluding hydrogens is 488 g/mol. The Labute approximate surface area is 222 Å². The summed E-state index contributed by atoms with van der Waals surface area (Å²) in [7, 11) is 1.27. The van der Waals surface area contributed by atoms with Gasteiger partial charge in [0.1, 0.15) is 28.6 Å². The van der Waals surface area contributed by atoms with Crippen molar-refractivity contribution in [1.29, 1.82) is 0 Å². The fourth-order valence-electron chi connectivity index (χ4n) is 3.31. The van der Waals surface area contributed by atoms with E-state index in [1.54, 1.807) is 36.4 Å². The summed E-state index contributed by atoms with van der Waals surface area (Å²) in [4.78, 5) is 37.3. The second kappa shape index (κ2) is 14.4. The van der Waals surface area contributed by atoms with E-state index in [4.69, 9.17) is 23.7 Å². The number of unbranched alkanes of at least 4 members (excludes halogenated alkanes) is 2. The van der Waals surface area contributed by atoms with E-state index in [1.807, 2.05) is 6.92 Å². The van der Waals surface area contributed by atoms with Gasteiger partial charge in [0, 0.05) is 0 Å². The van der Waals surface area contributed by atoms with Gasteiger partial charge in [-0.05, 0) is 79.6 Å². The molecule has 0 aliphatic carbocycles. The third-order valence-electron chi connectivity index (χ3n) is 5.48. The molecule has 0 N–H and O–H groups in total. The van der Waals surface area contributed by atoms with Gasteiger partial charge in [-0.3, -0.25) is 0 Å². The minimum atomic E-state index is -0.642. The molecular formula is C30H32O8. The molecule has 8 nitrogen and oxygen atoms in total. The molecule has 0 fully saturated rings. The fraction of sp³-hybridized carbons (Fsp3) is 0.300. The molecule has 3 aromatic carbocycles. The lowest BCUT2D eigenvalue weighted by atomic mass is 10.2. The highest BCUT2D eigenvalue weighted by Gasteiger charge is 2.17. The quantitative estimate of drug-likeness (QED) is 0.148. The van der Waals surface area contributed by atoms with Gasteiger partial charge in [-0.25, -0.2) is 14.4 Å². The topological polar surface area (TPSA) is 97.4 Å². The molecule has 0 aliphatic heterocycles.